The summed E-state index contributed by atoms with van der Waals surface area (Å²) in [7, 11) is 0. The number of halogens is 2. The summed E-state index contributed by atoms with van der Waals surface area (Å²) in [6.45, 7) is 2.23. The Morgan fingerprint density at radius 2 is 2.11 bits per heavy atom. The highest BCUT2D eigenvalue weighted by Crippen LogP contribution is 2.27. The molecule has 1 saturated heterocycles. The number of amides is 2. The van der Waals surface area contributed by atoms with Gasteiger partial charge in [0.2, 0.25) is 16.9 Å². The second-order valence-corrected chi connectivity index (χ2v) is 7.51. The van der Waals surface area contributed by atoms with Crippen LogP contribution in [0.15, 0.2) is 18.2 Å². The first kappa shape index (κ1) is 19.3. The lowest BCUT2D eigenvalue weighted by Crippen LogP contribution is -2.28. The van der Waals surface area contributed by atoms with Crippen LogP contribution >= 0.6 is 11.3 Å². The van der Waals surface area contributed by atoms with Crippen LogP contribution in [0.5, 0.6) is 0 Å². The van der Waals surface area contributed by atoms with Crippen molar-refractivity contribution in [3.8, 4) is 0 Å². The minimum atomic E-state index is -1.03. The molecule has 1 unspecified atom stereocenters. The molecule has 1 aliphatic rings. The van der Waals surface area contributed by atoms with E-state index in [1.165, 1.54) is 22.3 Å². The molecule has 6 nitrogen and oxygen atoms in total. The number of hydrogen-bond donors (Lipinski definition) is 1. The fourth-order valence-corrected chi connectivity index (χ4v) is 3.71. The Bertz CT molecular complexity index is 843. The summed E-state index contributed by atoms with van der Waals surface area (Å²) in [5.41, 5.74) is 0.239. The third-order valence-electron chi connectivity index (χ3n) is 4.40. The number of carbonyl (C=O) groups excluding carboxylic acids is 2. The fourth-order valence-electron chi connectivity index (χ4n) is 2.92. The summed E-state index contributed by atoms with van der Waals surface area (Å²) in [5.74, 6) is -3.23. The summed E-state index contributed by atoms with van der Waals surface area (Å²) >= 11 is 1.33. The van der Waals surface area contributed by atoms with Crippen LogP contribution in [0.25, 0.3) is 0 Å². The van der Waals surface area contributed by atoms with Gasteiger partial charge in [-0.25, -0.2) is 8.78 Å². The lowest BCUT2D eigenvalue weighted by Gasteiger charge is -2.16. The van der Waals surface area contributed by atoms with Gasteiger partial charge in [-0.05, 0) is 18.6 Å². The molecule has 0 bridgehead atoms. The average molecular weight is 394 g/mol. The summed E-state index contributed by atoms with van der Waals surface area (Å²) < 4.78 is 26.5. The summed E-state index contributed by atoms with van der Waals surface area (Å²) in [5, 5.41) is 12.0. The Morgan fingerprint density at radius 1 is 1.30 bits per heavy atom. The highest BCUT2D eigenvalue weighted by molar-refractivity contribution is 7.15. The Labute approximate surface area is 159 Å². The van der Waals surface area contributed by atoms with Crippen molar-refractivity contribution < 1.29 is 18.4 Å². The van der Waals surface area contributed by atoms with Gasteiger partial charge in [0.1, 0.15) is 5.01 Å². The second-order valence-electron chi connectivity index (χ2n) is 6.45. The van der Waals surface area contributed by atoms with E-state index in [0.29, 0.717) is 5.13 Å². The van der Waals surface area contributed by atoms with Crippen LogP contribution in [0.3, 0.4) is 0 Å². The van der Waals surface area contributed by atoms with Crippen molar-refractivity contribution in [2.24, 2.45) is 5.92 Å². The van der Waals surface area contributed by atoms with Crippen molar-refractivity contribution in [3.05, 3.63) is 34.8 Å². The fraction of sp³-hybridized carbons (Fsp3) is 0.444. The van der Waals surface area contributed by atoms with E-state index in [1.807, 2.05) is 0 Å². The number of unbranched alkanes of at least 4 members (excludes halogenated alkanes) is 2. The van der Waals surface area contributed by atoms with Gasteiger partial charge in [0, 0.05) is 31.1 Å². The molecule has 2 aromatic rings. The number of carbonyl (C=O) groups is 2. The summed E-state index contributed by atoms with van der Waals surface area (Å²) in [4.78, 5) is 25.9. The van der Waals surface area contributed by atoms with Crippen molar-refractivity contribution in [1.29, 1.82) is 0 Å². The van der Waals surface area contributed by atoms with Crippen LogP contribution in [-0.4, -0.2) is 28.6 Å². The molecule has 144 valence electrons. The van der Waals surface area contributed by atoms with E-state index in [0.717, 1.165) is 42.8 Å². The van der Waals surface area contributed by atoms with Gasteiger partial charge in [0.15, 0.2) is 11.6 Å². The standard InChI is InChI=1S/C18H20F2N4O2S/c1-2-3-4-5-15-22-23-18(27-15)21-17(26)11-8-16(25)24(10-11)12-6-7-13(19)14(20)9-12/h6-7,9,11H,2-5,8,10H2,1H3,(H,21,23,26). The summed E-state index contributed by atoms with van der Waals surface area (Å²) in [6.07, 6.45) is 4.09. The zero-order valence-corrected chi connectivity index (χ0v) is 15.7. The van der Waals surface area contributed by atoms with Crippen molar-refractivity contribution >= 4 is 34.0 Å². The molecule has 3 rings (SSSR count). The van der Waals surface area contributed by atoms with E-state index in [1.54, 1.807) is 0 Å². The molecule has 0 saturated carbocycles. The second kappa shape index (κ2) is 8.51. The molecule has 0 aliphatic carbocycles. The van der Waals surface area contributed by atoms with Gasteiger partial charge in [-0.3, -0.25) is 9.59 Å². The smallest absolute Gasteiger partial charge is 0.231 e. The molecule has 1 fully saturated rings. The average Bonchev–Trinajstić information content (AvgIpc) is 3.24. The van der Waals surface area contributed by atoms with Crippen molar-refractivity contribution in [2.75, 3.05) is 16.8 Å². The molecule has 0 radical (unpaired) electrons. The van der Waals surface area contributed by atoms with Crippen molar-refractivity contribution in [3.63, 3.8) is 0 Å². The van der Waals surface area contributed by atoms with E-state index in [-0.39, 0.29) is 30.5 Å². The van der Waals surface area contributed by atoms with Crippen LogP contribution < -0.4 is 10.2 Å². The normalized spacial score (nSPS) is 16.8. The van der Waals surface area contributed by atoms with Gasteiger partial charge in [0.25, 0.3) is 0 Å². The molecule has 1 atom stereocenters. The highest BCUT2D eigenvalue weighted by atomic mass is 32.1. The van der Waals surface area contributed by atoms with Crippen LogP contribution in [0.4, 0.5) is 19.6 Å². The van der Waals surface area contributed by atoms with Gasteiger partial charge < -0.3 is 10.2 Å². The number of nitrogens with zero attached hydrogens (tertiary/aromatic N) is 3. The summed E-state index contributed by atoms with van der Waals surface area (Å²) in [6, 6.07) is 3.25. The molecule has 1 aromatic carbocycles. The van der Waals surface area contributed by atoms with E-state index in [4.69, 9.17) is 0 Å². The molecule has 2 amide bonds. The van der Waals surface area contributed by atoms with Crippen LogP contribution in [0, 0.1) is 17.6 Å². The zero-order chi connectivity index (χ0) is 19.4. The first-order valence-corrected chi connectivity index (χ1v) is 9.68. The lowest BCUT2D eigenvalue weighted by molar-refractivity contribution is -0.122. The maximum Gasteiger partial charge on any atom is 0.231 e. The molecular formula is C18H20F2N4O2S. The van der Waals surface area contributed by atoms with Gasteiger partial charge in [0.05, 0.1) is 5.92 Å². The van der Waals surface area contributed by atoms with Gasteiger partial charge in [-0.2, -0.15) is 0 Å². The topological polar surface area (TPSA) is 75.2 Å². The molecule has 0 spiro atoms. The number of hydrogen-bond acceptors (Lipinski definition) is 5. The maximum atomic E-state index is 13.4. The molecule has 1 aromatic heterocycles. The third kappa shape index (κ3) is 4.65. The number of rotatable bonds is 7. The van der Waals surface area contributed by atoms with E-state index in [9.17, 15) is 18.4 Å². The third-order valence-corrected chi connectivity index (χ3v) is 5.30. The lowest BCUT2D eigenvalue weighted by atomic mass is 10.1. The predicted octanol–water partition coefficient (Wildman–Crippen LogP) is 3.54. The van der Waals surface area contributed by atoms with Gasteiger partial charge >= 0.3 is 0 Å². The molecule has 9 heteroatoms. The Morgan fingerprint density at radius 3 is 2.85 bits per heavy atom. The largest absolute Gasteiger partial charge is 0.311 e. The quantitative estimate of drug-likeness (QED) is 0.729. The van der Waals surface area contributed by atoms with Crippen molar-refractivity contribution in [2.45, 2.75) is 39.0 Å². The molecule has 2 heterocycles. The Hall–Kier alpha value is -2.42. The van der Waals surface area contributed by atoms with Crippen molar-refractivity contribution in [1.82, 2.24) is 10.2 Å². The van der Waals surface area contributed by atoms with Gasteiger partial charge in [-0.15, -0.1) is 10.2 Å². The molecule has 1 N–H and O–H groups in total. The maximum absolute atomic E-state index is 13.4. The van der Waals surface area contributed by atoms with E-state index >= 15 is 0 Å². The zero-order valence-electron chi connectivity index (χ0n) is 14.9. The molecule has 27 heavy (non-hydrogen) atoms. The minimum Gasteiger partial charge on any atom is -0.311 e. The van der Waals surface area contributed by atoms with Crippen LogP contribution in [0.2, 0.25) is 0 Å². The van der Waals surface area contributed by atoms with Crippen LogP contribution in [0.1, 0.15) is 37.6 Å². The Kier molecular flexibility index (Phi) is 6.10. The Balaban J connectivity index is 1.59. The first-order chi connectivity index (χ1) is 13.0. The highest BCUT2D eigenvalue weighted by Gasteiger charge is 2.35. The molecular weight excluding hydrogens is 374 g/mol. The van der Waals surface area contributed by atoms with E-state index in [2.05, 4.69) is 22.4 Å². The number of aryl methyl sites for hydroxylation is 1. The van der Waals surface area contributed by atoms with E-state index < -0.39 is 17.6 Å². The predicted molar refractivity (Wildman–Crippen MR) is 98.6 cm³/mol. The monoisotopic (exact) mass is 394 g/mol. The number of anilines is 2. The number of aromatic nitrogens is 2. The number of nitrogens with one attached hydrogen (secondary N) is 1. The minimum absolute atomic E-state index is 0.00693. The SMILES string of the molecule is CCCCCc1nnc(NC(=O)C2CC(=O)N(c3ccc(F)c(F)c3)C2)s1. The van der Waals surface area contributed by atoms with Crippen LogP contribution in [-0.2, 0) is 16.0 Å². The number of benzene rings is 1. The first-order valence-electron chi connectivity index (χ1n) is 8.86. The van der Waals surface area contributed by atoms with Gasteiger partial charge in [-0.1, -0.05) is 31.1 Å². The molecule has 1 aliphatic heterocycles.